The van der Waals surface area contributed by atoms with Crippen LogP contribution in [0.25, 0.3) is 0 Å². The average molecular weight is 319 g/mol. The van der Waals surface area contributed by atoms with Crippen LogP contribution in [0.15, 0.2) is 24.3 Å². The highest BCUT2D eigenvalue weighted by Gasteiger charge is 2.35. The molecular weight excluding hydrogens is 300 g/mol. The third-order valence-electron chi connectivity index (χ3n) is 3.25. The van der Waals surface area contributed by atoms with Gasteiger partial charge in [0.05, 0.1) is 17.6 Å². The van der Waals surface area contributed by atoms with Crippen molar-refractivity contribution in [1.29, 1.82) is 0 Å². The first-order chi connectivity index (χ1) is 9.46. The molecule has 20 heavy (non-hydrogen) atoms. The summed E-state index contributed by atoms with van der Waals surface area (Å²) >= 11 is 5.89. The van der Waals surface area contributed by atoms with Gasteiger partial charge in [0.25, 0.3) is 0 Å². The van der Waals surface area contributed by atoms with E-state index in [1.54, 1.807) is 0 Å². The van der Waals surface area contributed by atoms with Gasteiger partial charge in [-0.1, -0.05) is 23.7 Å². The van der Waals surface area contributed by atoms with Gasteiger partial charge in [-0.2, -0.15) is 0 Å². The third-order valence-corrected chi connectivity index (χ3v) is 5.20. The quantitative estimate of drug-likeness (QED) is 0.652. The van der Waals surface area contributed by atoms with Gasteiger partial charge in [-0.3, -0.25) is 0 Å². The van der Waals surface area contributed by atoms with E-state index < -0.39 is 15.9 Å². The van der Waals surface area contributed by atoms with E-state index in [1.807, 2.05) is 24.3 Å². The first-order valence-corrected chi connectivity index (χ1v) is 8.73. The molecule has 1 aromatic carbocycles. The number of benzene rings is 1. The molecule has 1 fully saturated rings. The normalized spacial score (nSPS) is 24.9. The van der Waals surface area contributed by atoms with Gasteiger partial charge in [0.1, 0.15) is 0 Å². The molecule has 0 bridgehead atoms. The summed E-state index contributed by atoms with van der Waals surface area (Å²) in [5.41, 5.74) is 1.10. The summed E-state index contributed by atoms with van der Waals surface area (Å²) in [6.07, 6.45) is -0.798. The Labute approximate surface area is 124 Å². The van der Waals surface area contributed by atoms with Gasteiger partial charge in [0.2, 0.25) is 0 Å². The maximum atomic E-state index is 11.3. The lowest BCUT2D eigenvalue weighted by Gasteiger charge is -2.15. The lowest BCUT2D eigenvalue weighted by Crippen LogP contribution is -2.42. The average Bonchev–Trinajstić information content (AvgIpc) is 2.62. The fourth-order valence-corrected chi connectivity index (χ4v) is 4.24. The Morgan fingerprint density at radius 1 is 1.30 bits per heavy atom. The van der Waals surface area contributed by atoms with E-state index in [9.17, 15) is 13.5 Å². The third kappa shape index (κ3) is 4.71. The molecule has 1 saturated heterocycles. The largest absolute Gasteiger partial charge is 0.390 e. The van der Waals surface area contributed by atoms with Gasteiger partial charge >= 0.3 is 0 Å². The van der Waals surface area contributed by atoms with Crippen molar-refractivity contribution >= 4 is 21.4 Å². The maximum Gasteiger partial charge on any atom is 0.154 e. The fraction of sp³-hybridized carbons (Fsp3) is 0.538. The molecule has 0 spiro atoms. The van der Waals surface area contributed by atoms with Crippen LogP contribution in [0.4, 0.5) is 0 Å². The van der Waals surface area contributed by atoms with Crippen molar-refractivity contribution in [2.75, 3.05) is 24.6 Å². The van der Waals surface area contributed by atoms with Crippen LogP contribution in [0, 0.1) is 0 Å². The summed E-state index contributed by atoms with van der Waals surface area (Å²) in [6, 6.07) is 7.26. The number of sulfone groups is 1. The molecule has 0 amide bonds. The smallest absolute Gasteiger partial charge is 0.154 e. The highest BCUT2D eigenvalue weighted by Crippen LogP contribution is 2.12. The number of rotatable bonds is 6. The second kappa shape index (κ2) is 6.87. The molecule has 1 heterocycles. The van der Waals surface area contributed by atoms with Crippen LogP contribution in [0.3, 0.4) is 0 Å². The zero-order chi connectivity index (χ0) is 14.6. The van der Waals surface area contributed by atoms with Crippen LogP contribution in [0.2, 0.25) is 5.02 Å². The molecule has 0 unspecified atom stereocenters. The van der Waals surface area contributed by atoms with Gasteiger partial charge in [-0.05, 0) is 17.7 Å². The molecule has 112 valence electrons. The molecule has 1 aliphatic rings. The van der Waals surface area contributed by atoms with Crippen molar-refractivity contribution in [3.63, 3.8) is 0 Å². The van der Waals surface area contributed by atoms with Crippen LogP contribution in [0.5, 0.6) is 0 Å². The van der Waals surface area contributed by atoms with Crippen molar-refractivity contribution in [2.45, 2.75) is 18.7 Å². The van der Waals surface area contributed by atoms with Crippen molar-refractivity contribution in [3.05, 3.63) is 34.9 Å². The van der Waals surface area contributed by atoms with Gasteiger partial charge < -0.3 is 15.7 Å². The van der Waals surface area contributed by atoms with E-state index in [-0.39, 0.29) is 17.5 Å². The van der Waals surface area contributed by atoms with Crippen LogP contribution >= 0.6 is 11.6 Å². The second-order valence-corrected chi connectivity index (χ2v) is 7.60. The molecule has 2 rings (SSSR count). The van der Waals surface area contributed by atoms with Crippen molar-refractivity contribution in [2.24, 2.45) is 0 Å². The van der Waals surface area contributed by atoms with Gasteiger partial charge in [0, 0.05) is 30.7 Å². The van der Waals surface area contributed by atoms with Gasteiger partial charge in [-0.25, -0.2) is 8.42 Å². The van der Waals surface area contributed by atoms with E-state index in [1.165, 1.54) is 0 Å². The lowest BCUT2D eigenvalue weighted by atomic mass is 10.2. The van der Waals surface area contributed by atoms with Gasteiger partial charge in [-0.15, -0.1) is 0 Å². The molecule has 0 aliphatic carbocycles. The van der Waals surface area contributed by atoms with Crippen molar-refractivity contribution in [3.8, 4) is 0 Å². The Morgan fingerprint density at radius 2 is 2.10 bits per heavy atom. The monoisotopic (exact) mass is 318 g/mol. The minimum atomic E-state index is -3.08. The van der Waals surface area contributed by atoms with E-state index in [4.69, 9.17) is 11.6 Å². The summed E-state index contributed by atoms with van der Waals surface area (Å²) in [7, 11) is -3.08. The summed E-state index contributed by atoms with van der Waals surface area (Å²) < 4.78 is 22.7. The number of aliphatic hydroxyl groups is 1. The predicted octanol–water partition coefficient (Wildman–Crippen LogP) is 0.177. The Balaban J connectivity index is 1.65. The number of hydrogen-bond acceptors (Lipinski definition) is 5. The Bertz CT molecular complexity index is 550. The predicted molar refractivity (Wildman–Crippen MR) is 79.6 cm³/mol. The van der Waals surface area contributed by atoms with E-state index >= 15 is 0 Å². The molecule has 3 N–H and O–H groups in total. The molecule has 5 nitrogen and oxygen atoms in total. The Morgan fingerprint density at radius 3 is 2.75 bits per heavy atom. The molecule has 1 aromatic rings. The van der Waals surface area contributed by atoms with Crippen LogP contribution in [-0.4, -0.2) is 50.3 Å². The molecular formula is C13H19ClN2O3S. The SMILES string of the molecule is O=S1(=O)C[C@H](O)[C@H](NCCNCc2cccc(Cl)c2)C1. The first-order valence-electron chi connectivity index (χ1n) is 6.53. The minimum Gasteiger partial charge on any atom is -0.390 e. The lowest BCUT2D eigenvalue weighted by molar-refractivity contribution is 0.166. The number of nitrogens with one attached hydrogen (secondary N) is 2. The fourth-order valence-electron chi connectivity index (χ4n) is 2.25. The van der Waals surface area contributed by atoms with Crippen LogP contribution in [-0.2, 0) is 16.4 Å². The van der Waals surface area contributed by atoms with Crippen molar-refractivity contribution in [1.82, 2.24) is 10.6 Å². The topological polar surface area (TPSA) is 78.4 Å². The number of hydrogen-bond donors (Lipinski definition) is 3. The molecule has 2 atom stereocenters. The summed E-state index contributed by atoms with van der Waals surface area (Å²) in [5, 5.41) is 16.6. The second-order valence-electron chi connectivity index (χ2n) is 5.01. The maximum absolute atomic E-state index is 11.3. The molecule has 0 radical (unpaired) electrons. The number of aliphatic hydroxyl groups excluding tert-OH is 1. The first kappa shape index (κ1) is 15.7. The Kier molecular flexibility index (Phi) is 5.40. The van der Waals surface area contributed by atoms with E-state index in [0.717, 1.165) is 5.56 Å². The van der Waals surface area contributed by atoms with E-state index in [0.29, 0.717) is 24.7 Å². The minimum absolute atomic E-state index is 0.0163. The molecule has 0 saturated carbocycles. The molecule has 7 heteroatoms. The zero-order valence-electron chi connectivity index (χ0n) is 11.0. The molecule has 0 aromatic heterocycles. The highest BCUT2D eigenvalue weighted by molar-refractivity contribution is 7.91. The van der Waals surface area contributed by atoms with Crippen LogP contribution < -0.4 is 10.6 Å². The zero-order valence-corrected chi connectivity index (χ0v) is 12.6. The standard InChI is InChI=1S/C13H19ClN2O3S/c14-11-3-1-2-10(6-11)7-15-4-5-16-12-8-20(18,19)9-13(12)17/h1-3,6,12-13,15-17H,4-5,7-9H2/t12-,13+/m1/s1. The summed E-state index contributed by atoms with van der Waals surface area (Å²) in [4.78, 5) is 0. The highest BCUT2D eigenvalue weighted by atomic mass is 35.5. The summed E-state index contributed by atoms with van der Waals surface area (Å²) in [5.74, 6) is -0.122. The summed E-state index contributed by atoms with van der Waals surface area (Å²) in [6.45, 7) is 2.00. The number of halogens is 1. The van der Waals surface area contributed by atoms with Gasteiger partial charge in [0.15, 0.2) is 9.84 Å². The van der Waals surface area contributed by atoms with E-state index in [2.05, 4.69) is 10.6 Å². The van der Waals surface area contributed by atoms with Crippen LogP contribution in [0.1, 0.15) is 5.56 Å². The Hall–Kier alpha value is -0.660. The van der Waals surface area contributed by atoms with Crippen molar-refractivity contribution < 1.29 is 13.5 Å². The molecule has 1 aliphatic heterocycles.